The molecule has 0 atom stereocenters. The molecule has 5 aromatic heterocycles. The standard InChI is InChI=1S/C44H26O2.C38H22O2.C32H20O/c1-2-10-27(11-3-1)44-34-16-8-14-30(28-20-22-42-38(24-28)32-12-4-6-18-40(32)45-42)36(34)26-37-31(15-9-17-35(37)44)29-21-23-43-39(25-29)33-13-5-7-19-41(33)46-43;1-2-12-28-27(11-1)37(23-17-19-35-31(21-23)25-9-5-7-15-33(25)39-35)29-13-3-4-14-30(29)38(28)24-18-20-36-32(22-24)26-10-6-8-16-34(26)40-36;1-2-11-21(12-3-1)30-23-14-4-6-16-25(23)31(26-17-7-5-15-24(26)30)28-19-10-18-27-22-13-8-9-20-29(22)33-32(27)28/h1-26H;1-22H;1-20H. The lowest BCUT2D eigenvalue weighted by atomic mass is 9.85. The monoisotopic (exact) mass is 1520 g/mol. The van der Waals surface area contributed by atoms with Crippen molar-refractivity contribution in [2.24, 2.45) is 0 Å². The van der Waals surface area contributed by atoms with Crippen LogP contribution in [0.2, 0.25) is 0 Å². The lowest BCUT2D eigenvalue weighted by Crippen LogP contribution is -1.90. The van der Waals surface area contributed by atoms with Gasteiger partial charge in [-0.2, -0.15) is 0 Å². The second-order valence-corrected chi connectivity index (χ2v) is 31.0. The van der Waals surface area contributed by atoms with E-state index in [4.69, 9.17) is 22.1 Å². The fraction of sp³-hybridized carbons (Fsp3) is 0. The Morgan fingerprint density at radius 1 is 0.109 bits per heavy atom. The van der Waals surface area contributed by atoms with Crippen LogP contribution in [0.5, 0.6) is 0 Å². The summed E-state index contributed by atoms with van der Waals surface area (Å²) in [7, 11) is 0. The maximum atomic E-state index is 6.45. The molecule has 0 aliphatic carbocycles. The molecule has 0 aliphatic rings. The summed E-state index contributed by atoms with van der Waals surface area (Å²) < 4.78 is 31.1. The van der Waals surface area contributed by atoms with Crippen LogP contribution >= 0.6 is 0 Å². The molecule has 0 saturated carbocycles. The summed E-state index contributed by atoms with van der Waals surface area (Å²) in [6.07, 6.45) is 0. The van der Waals surface area contributed by atoms with Crippen LogP contribution in [0.3, 0.4) is 0 Å². The van der Waals surface area contributed by atoms with Crippen LogP contribution < -0.4 is 0 Å². The molecule has 0 saturated heterocycles. The third kappa shape index (κ3) is 11.0. The maximum Gasteiger partial charge on any atom is 0.143 e. The molecule has 0 spiro atoms. The normalized spacial score (nSPS) is 11.9. The lowest BCUT2D eigenvalue weighted by Gasteiger charge is -2.17. The second kappa shape index (κ2) is 27.5. The largest absolute Gasteiger partial charge is 0.456 e. The van der Waals surface area contributed by atoms with Crippen molar-refractivity contribution in [3.63, 3.8) is 0 Å². The Bertz CT molecular complexity index is 8170. The summed E-state index contributed by atoms with van der Waals surface area (Å²) in [5, 5.41) is 26.3. The van der Waals surface area contributed by atoms with E-state index in [2.05, 4.69) is 352 Å². The van der Waals surface area contributed by atoms with Gasteiger partial charge < -0.3 is 22.1 Å². The maximum absolute atomic E-state index is 6.45. The lowest BCUT2D eigenvalue weighted by molar-refractivity contribution is 0.668. The number of hydrogen-bond donors (Lipinski definition) is 0. The quantitative estimate of drug-likeness (QED) is 0.149. The van der Waals surface area contributed by atoms with Gasteiger partial charge in [-0.1, -0.05) is 328 Å². The summed E-state index contributed by atoms with van der Waals surface area (Å²) in [6.45, 7) is 0. The van der Waals surface area contributed by atoms with Gasteiger partial charge in [0.2, 0.25) is 0 Å². The van der Waals surface area contributed by atoms with Crippen molar-refractivity contribution in [2.75, 3.05) is 0 Å². The Balaban J connectivity index is 0.000000103. The van der Waals surface area contributed by atoms with Gasteiger partial charge in [-0.25, -0.2) is 0 Å². The van der Waals surface area contributed by atoms with E-state index in [0.717, 1.165) is 115 Å². The zero-order valence-electron chi connectivity index (χ0n) is 64.3. The van der Waals surface area contributed by atoms with E-state index >= 15 is 0 Å². The molecule has 0 amide bonds. The summed E-state index contributed by atoms with van der Waals surface area (Å²) in [4.78, 5) is 0. The minimum absolute atomic E-state index is 0.907. The molecule has 5 nitrogen and oxygen atoms in total. The minimum atomic E-state index is 0.907. The smallest absolute Gasteiger partial charge is 0.143 e. The number of rotatable bonds is 7. The average Bonchev–Trinajstić information content (AvgIpc) is 1.49. The van der Waals surface area contributed by atoms with Crippen LogP contribution in [-0.2, 0) is 0 Å². The molecule has 21 aromatic carbocycles. The van der Waals surface area contributed by atoms with E-state index < -0.39 is 0 Å². The molecule has 119 heavy (non-hydrogen) atoms. The van der Waals surface area contributed by atoms with Gasteiger partial charge in [-0.3, -0.25) is 0 Å². The first-order chi connectivity index (χ1) is 59.0. The highest BCUT2D eigenvalue weighted by atomic mass is 16.3. The van der Waals surface area contributed by atoms with Crippen LogP contribution in [0.1, 0.15) is 0 Å². The van der Waals surface area contributed by atoms with Crippen LogP contribution in [0.15, 0.2) is 435 Å². The van der Waals surface area contributed by atoms with Crippen molar-refractivity contribution in [3.05, 3.63) is 413 Å². The summed E-state index contributed by atoms with van der Waals surface area (Å²) in [6, 6.07) is 147. The number of fused-ring (bicyclic) bond motifs is 21. The van der Waals surface area contributed by atoms with Crippen LogP contribution in [0, 0.1) is 0 Å². The van der Waals surface area contributed by atoms with Crippen LogP contribution in [-0.4, -0.2) is 0 Å². The van der Waals surface area contributed by atoms with Crippen LogP contribution in [0.25, 0.3) is 252 Å². The Kier molecular flexibility index (Phi) is 15.6. The predicted octanol–water partition coefficient (Wildman–Crippen LogP) is 33.1. The summed E-state index contributed by atoms with van der Waals surface area (Å²) >= 11 is 0. The van der Waals surface area contributed by atoms with Crippen molar-refractivity contribution in [2.45, 2.75) is 0 Å². The Morgan fingerprint density at radius 3 is 0.681 bits per heavy atom. The summed E-state index contributed by atoms with van der Waals surface area (Å²) in [5.74, 6) is 0. The fourth-order valence-corrected chi connectivity index (χ4v) is 19.2. The highest BCUT2D eigenvalue weighted by Crippen LogP contribution is 2.51. The average molecular weight is 1520 g/mol. The zero-order valence-corrected chi connectivity index (χ0v) is 64.3. The fourth-order valence-electron chi connectivity index (χ4n) is 19.2. The summed E-state index contributed by atoms with van der Waals surface area (Å²) in [5.41, 5.74) is 26.1. The molecule has 554 valence electrons. The van der Waals surface area contributed by atoms with Crippen LogP contribution in [0.4, 0.5) is 0 Å². The number of para-hydroxylation sites is 6. The molecule has 0 unspecified atom stereocenters. The van der Waals surface area contributed by atoms with E-state index in [1.54, 1.807) is 0 Å². The molecule has 0 N–H and O–H groups in total. The first-order valence-corrected chi connectivity index (χ1v) is 40.6. The Labute approximate surface area is 682 Å². The van der Waals surface area contributed by atoms with Gasteiger partial charge in [0.15, 0.2) is 0 Å². The molecule has 5 heteroatoms. The van der Waals surface area contributed by atoms with E-state index in [9.17, 15) is 0 Å². The molecule has 5 heterocycles. The van der Waals surface area contributed by atoms with Gasteiger partial charge in [0, 0.05) is 65.0 Å². The third-order valence-electron chi connectivity index (χ3n) is 24.4. The molecular weight excluding hydrogens is 1450 g/mol. The molecule has 26 aromatic rings. The zero-order chi connectivity index (χ0) is 78.2. The Morgan fingerprint density at radius 2 is 0.336 bits per heavy atom. The van der Waals surface area contributed by atoms with Gasteiger partial charge >= 0.3 is 0 Å². The van der Waals surface area contributed by atoms with Gasteiger partial charge in [0.1, 0.15) is 55.8 Å². The van der Waals surface area contributed by atoms with Crippen molar-refractivity contribution < 1.29 is 22.1 Å². The van der Waals surface area contributed by atoms with E-state index in [-0.39, 0.29) is 0 Å². The van der Waals surface area contributed by atoms with E-state index in [0.29, 0.717) is 0 Å². The molecule has 0 fully saturated rings. The highest BCUT2D eigenvalue weighted by molar-refractivity contribution is 6.27. The molecular formula is C114H68O5. The SMILES string of the molecule is c1ccc(-c2c3cccc(-c4ccc5oc6ccccc6c5c4)c3cc3c(-c4ccc5oc6ccccc6c5c4)cccc23)cc1.c1ccc(-c2c3ccccc3c(-c3cccc4c3oc3ccccc34)c3ccccc23)cc1.c1ccc2c(c1)oc1ccc(-c3c4ccccc4c(-c4ccc5oc6ccccc6c5c4)c4ccccc34)cc12. The predicted molar refractivity (Wildman–Crippen MR) is 499 cm³/mol. The molecule has 0 bridgehead atoms. The van der Waals surface area contributed by atoms with E-state index in [1.807, 2.05) is 60.7 Å². The first kappa shape index (κ1) is 67.7. The van der Waals surface area contributed by atoms with Crippen molar-refractivity contribution >= 4 is 174 Å². The van der Waals surface area contributed by atoms with Gasteiger partial charge in [0.25, 0.3) is 0 Å². The Hall–Kier alpha value is -15.8. The van der Waals surface area contributed by atoms with Gasteiger partial charge in [-0.05, 0) is 216 Å². The molecule has 0 radical (unpaired) electrons. The first-order valence-electron chi connectivity index (χ1n) is 40.6. The number of furan rings is 5. The minimum Gasteiger partial charge on any atom is -0.456 e. The van der Waals surface area contributed by atoms with Crippen molar-refractivity contribution in [1.82, 2.24) is 0 Å². The number of benzene rings is 21. The second-order valence-electron chi connectivity index (χ2n) is 31.0. The third-order valence-corrected chi connectivity index (χ3v) is 24.4. The van der Waals surface area contributed by atoms with Gasteiger partial charge in [-0.15, -0.1) is 0 Å². The van der Waals surface area contributed by atoms with Crippen molar-refractivity contribution in [3.8, 4) is 77.9 Å². The highest BCUT2D eigenvalue weighted by Gasteiger charge is 2.24. The molecule has 26 rings (SSSR count). The van der Waals surface area contributed by atoms with Gasteiger partial charge in [0.05, 0.1) is 0 Å². The van der Waals surface area contributed by atoms with E-state index in [1.165, 1.54) is 137 Å². The number of hydrogen-bond acceptors (Lipinski definition) is 5. The molecule has 0 aliphatic heterocycles. The topological polar surface area (TPSA) is 65.7 Å². The van der Waals surface area contributed by atoms with Crippen molar-refractivity contribution in [1.29, 1.82) is 0 Å².